The molecule has 2 heterocycles. The lowest BCUT2D eigenvalue weighted by atomic mass is 10.1. The lowest BCUT2D eigenvalue weighted by Gasteiger charge is -2.12. The fourth-order valence-corrected chi connectivity index (χ4v) is 3.89. The molecule has 0 bridgehead atoms. The predicted octanol–water partition coefficient (Wildman–Crippen LogP) is -0.861. The van der Waals surface area contributed by atoms with Gasteiger partial charge in [0.15, 0.2) is 17.6 Å². The molecule has 9 heteroatoms. The van der Waals surface area contributed by atoms with Crippen molar-refractivity contribution in [2.75, 3.05) is 6.61 Å². The average molecular weight is 444 g/mol. The topological polar surface area (TPSA) is 92.7 Å². The van der Waals surface area contributed by atoms with Gasteiger partial charge in [0, 0.05) is 6.07 Å². The number of fused-ring (bicyclic) bond motifs is 2. The second-order valence-electron chi connectivity index (χ2n) is 7.20. The van der Waals surface area contributed by atoms with Crippen molar-refractivity contribution in [3.8, 4) is 5.75 Å². The normalized spacial score (nSPS) is 12.8. The van der Waals surface area contributed by atoms with E-state index in [0.29, 0.717) is 23.4 Å². The molecule has 0 aliphatic carbocycles. The second-order valence-corrected chi connectivity index (χ2v) is 7.20. The van der Waals surface area contributed by atoms with Crippen molar-refractivity contribution >= 4 is 28.8 Å². The molecule has 162 valence electrons. The standard InChI is InChI=1S/C22H21N3O5.ClH/c1-3-10-24-18-11-14(30-13-20(26)27)8-9-17(18)23(2)19(24)12-25-21(28)15-6-4-5-7-16(15)22(25)29;/h4-9,11H,3,10,12-13H2,1-2H3;1H. The number of carbonyl (C=O) groups is 3. The molecule has 0 radical (unpaired) electrons. The third kappa shape index (κ3) is 3.86. The number of aryl methyl sites for hydroxylation is 2. The first-order valence-corrected chi connectivity index (χ1v) is 9.73. The molecule has 0 saturated carbocycles. The molecular weight excluding hydrogens is 422 g/mol. The molecule has 1 aliphatic heterocycles. The molecule has 4 rings (SSSR count). The van der Waals surface area contributed by atoms with Gasteiger partial charge >= 0.3 is 5.97 Å². The van der Waals surface area contributed by atoms with Crippen molar-refractivity contribution in [3.05, 3.63) is 59.4 Å². The summed E-state index contributed by atoms with van der Waals surface area (Å²) in [5.41, 5.74) is 2.60. The number of carboxylic acids is 1. The average Bonchev–Trinajstić information content (AvgIpc) is 3.14. The third-order valence-electron chi connectivity index (χ3n) is 5.29. The fourth-order valence-electron chi connectivity index (χ4n) is 3.89. The number of aliphatic carboxylic acids is 1. The van der Waals surface area contributed by atoms with Gasteiger partial charge in [0.05, 0.1) is 24.7 Å². The van der Waals surface area contributed by atoms with E-state index in [1.807, 2.05) is 29.2 Å². The van der Waals surface area contributed by atoms with E-state index in [-0.39, 0.29) is 30.8 Å². The van der Waals surface area contributed by atoms with E-state index in [9.17, 15) is 14.4 Å². The van der Waals surface area contributed by atoms with Gasteiger partial charge in [-0.25, -0.2) is 13.9 Å². The molecule has 3 aromatic rings. The number of halogens is 1. The van der Waals surface area contributed by atoms with Crippen LogP contribution in [0.5, 0.6) is 5.75 Å². The van der Waals surface area contributed by atoms with E-state index in [2.05, 4.69) is 0 Å². The Labute approximate surface area is 185 Å². The smallest absolute Gasteiger partial charge is 0.341 e. The third-order valence-corrected chi connectivity index (χ3v) is 5.29. The minimum atomic E-state index is -1.05. The zero-order chi connectivity index (χ0) is 21.4. The summed E-state index contributed by atoms with van der Waals surface area (Å²) >= 11 is 0. The van der Waals surface area contributed by atoms with Crippen LogP contribution in [0.15, 0.2) is 42.5 Å². The number of carbonyl (C=O) groups excluding carboxylic acids is 2. The van der Waals surface area contributed by atoms with Crippen LogP contribution in [0.1, 0.15) is 39.9 Å². The maximum absolute atomic E-state index is 12.8. The van der Waals surface area contributed by atoms with E-state index in [4.69, 9.17) is 9.84 Å². The van der Waals surface area contributed by atoms with Crippen LogP contribution in [0, 0.1) is 0 Å². The first-order valence-electron chi connectivity index (χ1n) is 9.73. The van der Waals surface area contributed by atoms with Gasteiger partial charge in [0.25, 0.3) is 17.6 Å². The molecular formula is C22H22ClN3O5. The number of aromatic nitrogens is 2. The summed E-state index contributed by atoms with van der Waals surface area (Å²) in [6, 6.07) is 12.2. The second kappa shape index (κ2) is 8.77. The van der Waals surface area contributed by atoms with Gasteiger partial charge in [0.1, 0.15) is 12.3 Å². The van der Waals surface area contributed by atoms with Gasteiger partial charge < -0.3 is 22.3 Å². The zero-order valence-electron chi connectivity index (χ0n) is 17.2. The molecule has 0 spiro atoms. The minimum absolute atomic E-state index is 0. The number of nitrogens with zero attached hydrogens (tertiary/aromatic N) is 3. The number of carboxylic acid groups (broad SMARTS) is 1. The Morgan fingerprint density at radius 1 is 1.10 bits per heavy atom. The van der Waals surface area contributed by atoms with Crippen LogP contribution in [0.25, 0.3) is 11.0 Å². The predicted molar refractivity (Wildman–Crippen MR) is 107 cm³/mol. The van der Waals surface area contributed by atoms with Crippen LogP contribution in [-0.2, 0) is 24.9 Å². The minimum Gasteiger partial charge on any atom is -1.00 e. The van der Waals surface area contributed by atoms with Crippen molar-refractivity contribution in [1.29, 1.82) is 0 Å². The number of hydrogen-bond acceptors (Lipinski definition) is 4. The van der Waals surface area contributed by atoms with Crippen LogP contribution < -0.4 is 21.7 Å². The largest absolute Gasteiger partial charge is 1.00 e. The highest BCUT2D eigenvalue weighted by atomic mass is 35.5. The van der Waals surface area contributed by atoms with Crippen LogP contribution in [0.4, 0.5) is 0 Å². The number of imidazole rings is 1. The van der Waals surface area contributed by atoms with Crippen molar-refractivity contribution < 1.29 is 41.2 Å². The lowest BCUT2D eigenvalue weighted by Crippen LogP contribution is -3.00. The van der Waals surface area contributed by atoms with Crippen molar-refractivity contribution in [3.63, 3.8) is 0 Å². The van der Waals surface area contributed by atoms with E-state index in [1.54, 1.807) is 36.4 Å². The fraction of sp³-hybridized carbons (Fsp3) is 0.273. The van der Waals surface area contributed by atoms with Crippen molar-refractivity contribution in [2.45, 2.75) is 26.4 Å². The van der Waals surface area contributed by atoms with Gasteiger partial charge in [-0.3, -0.25) is 14.5 Å². The number of imide groups is 1. The molecule has 8 nitrogen and oxygen atoms in total. The van der Waals surface area contributed by atoms with E-state index >= 15 is 0 Å². The Morgan fingerprint density at radius 2 is 1.74 bits per heavy atom. The Kier molecular flexibility index (Phi) is 6.31. The molecule has 0 saturated heterocycles. The molecule has 0 fully saturated rings. The van der Waals surface area contributed by atoms with Crippen LogP contribution in [0.2, 0.25) is 0 Å². The van der Waals surface area contributed by atoms with Crippen LogP contribution in [0.3, 0.4) is 0 Å². The van der Waals surface area contributed by atoms with Crippen LogP contribution >= 0.6 is 0 Å². The molecule has 0 atom stereocenters. The number of hydrogen-bond donors (Lipinski definition) is 1. The Bertz CT molecular complexity index is 1150. The molecule has 0 unspecified atom stereocenters. The molecule has 2 aromatic carbocycles. The summed E-state index contributed by atoms with van der Waals surface area (Å²) in [4.78, 5) is 37.7. The number of ether oxygens (including phenoxy) is 1. The number of benzene rings is 2. The molecule has 1 aromatic heterocycles. The maximum Gasteiger partial charge on any atom is 0.341 e. The SMILES string of the molecule is CCCn1c(CN2C(=O)c3ccccc3C2=O)[n+](C)c2ccc(OCC(=O)O)cc21.[Cl-]. The highest BCUT2D eigenvalue weighted by Crippen LogP contribution is 2.26. The Hall–Kier alpha value is -3.39. The van der Waals surface area contributed by atoms with Gasteiger partial charge in [-0.15, -0.1) is 0 Å². The van der Waals surface area contributed by atoms with Gasteiger partial charge in [-0.1, -0.05) is 19.1 Å². The maximum atomic E-state index is 12.8. The van der Waals surface area contributed by atoms with Gasteiger partial charge in [-0.05, 0) is 30.7 Å². The highest BCUT2D eigenvalue weighted by Gasteiger charge is 2.38. The van der Waals surface area contributed by atoms with E-state index in [1.165, 1.54) is 4.90 Å². The monoisotopic (exact) mass is 443 g/mol. The van der Waals surface area contributed by atoms with Gasteiger partial charge in [-0.2, -0.15) is 0 Å². The Balaban J connectivity index is 0.00000272. The lowest BCUT2D eigenvalue weighted by molar-refractivity contribution is -0.654. The summed E-state index contributed by atoms with van der Waals surface area (Å²) in [5, 5.41) is 8.85. The first-order chi connectivity index (χ1) is 14.4. The number of rotatable bonds is 7. The number of amides is 2. The summed E-state index contributed by atoms with van der Waals surface area (Å²) in [6.07, 6.45) is 0.846. The summed E-state index contributed by atoms with van der Waals surface area (Å²) < 4.78 is 9.33. The first kappa shape index (κ1) is 22.3. The van der Waals surface area contributed by atoms with Crippen molar-refractivity contribution in [1.82, 2.24) is 9.47 Å². The highest BCUT2D eigenvalue weighted by molar-refractivity contribution is 6.21. The molecule has 1 N–H and O–H groups in total. The Morgan fingerprint density at radius 3 is 2.32 bits per heavy atom. The summed E-state index contributed by atoms with van der Waals surface area (Å²) in [5.74, 6) is -0.385. The molecule has 1 aliphatic rings. The summed E-state index contributed by atoms with van der Waals surface area (Å²) in [6.45, 7) is 2.44. The van der Waals surface area contributed by atoms with E-state index < -0.39 is 12.6 Å². The summed E-state index contributed by atoms with van der Waals surface area (Å²) in [7, 11) is 1.89. The molecule has 31 heavy (non-hydrogen) atoms. The quantitative estimate of drug-likeness (QED) is 0.379. The molecule has 2 amide bonds. The zero-order valence-corrected chi connectivity index (χ0v) is 17.9. The van der Waals surface area contributed by atoms with Crippen LogP contribution in [-0.4, -0.2) is 39.0 Å². The van der Waals surface area contributed by atoms with Crippen molar-refractivity contribution in [2.24, 2.45) is 7.05 Å². The van der Waals surface area contributed by atoms with E-state index in [0.717, 1.165) is 23.3 Å². The van der Waals surface area contributed by atoms with Gasteiger partial charge in [0.2, 0.25) is 0 Å².